The van der Waals surface area contributed by atoms with E-state index in [0.29, 0.717) is 5.76 Å². The first-order valence-electron chi connectivity index (χ1n) is 6.07. The van der Waals surface area contributed by atoms with Crippen molar-refractivity contribution in [1.82, 2.24) is 0 Å². The fourth-order valence-electron chi connectivity index (χ4n) is 1.81. The summed E-state index contributed by atoms with van der Waals surface area (Å²) in [6, 6.07) is 7.59. The lowest BCUT2D eigenvalue weighted by Crippen LogP contribution is -2.34. The summed E-state index contributed by atoms with van der Waals surface area (Å²) in [6.07, 6.45) is 0. The van der Waals surface area contributed by atoms with Crippen molar-refractivity contribution in [3.05, 3.63) is 42.2 Å². The summed E-state index contributed by atoms with van der Waals surface area (Å²) < 4.78 is 11.4. The minimum absolute atomic E-state index is 0.414. The van der Waals surface area contributed by atoms with Gasteiger partial charge in [-0.25, -0.2) is 0 Å². The molecule has 1 heterocycles. The molecule has 0 aromatic heterocycles. The fraction of sp³-hybridized carbons (Fsp3) is 0.429. The van der Waals surface area contributed by atoms with Gasteiger partial charge in [0, 0.05) is 0 Å². The number of hydrogen-bond donors (Lipinski definition) is 1. The Kier molecular flexibility index (Phi) is 3.03. The summed E-state index contributed by atoms with van der Waals surface area (Å²) in [7, 11) is -0.414. The highest BCUT2D eigenvalue weighted by Gasteiger charge is 2.42. The summed E-state index contributed by atoms with van der Waals surface area (Å²) in [5.41, 5.74) is 0.496. The van der Waals surface area contributed by atoms with E-state index in [-0.39, 0.29) is 0 Å². The van der Waals surface area contributed by atoms with Crippen LogP contribution < -0.4 is 5.46 Å². The lowest BCUT2D eigenvalue weighted by Gasteiger charge is -2.18. The summed E-state index contributed by atoms with van der Waals surface area (Å²) in [5.74, 6) is 0.638. The number of rotatable bonds is 2. The fourth-order valence-corrected chi connectivity index (χ4v) is 1.81. The van der Waals surface area contributed by atoms with Crippen molar-refractivity contribution in [1.29, 1.82) is 0 Å². The van der Waals surface area contributed by atoms with Crippen molar-refractivity contribution in [2.45, 2.75) is 38.9 Å². The zero-order chi connectivity index (χ0) is 13.6. The van der Waals surface area contributed by atoms with E-state index < -0.39 is 18.3 Å². The second-order valence-electron chi connectivity index (χ2n) is 5.68. The molecule has 3 nitrogen and oxygen atoms in total. The molecule has 0 atom stereocenters. The molecule has 2 rings (SSSR count). The van der Waals surface area contributed by atoms with E-state index in [2.05, 4.69) is 6.58 Å². The van der Waals surface area contributed by atoms with E-state index in [4.69, 9.17) is 9.31 Å². The van der Waals surface area contributed by atoms with E-state index in [1.54, 1.807) is 13.8 Å². The third-order valence-corrected chi connectivity index (χ3v) is 3.21. The second-order valence-corrected chi connectivity index (χ2v) is 5.68. The van der Waals surface area contributed by atoms with Gasteiger partial charge >= 0.3 is 7.12 Å². The van der Waals surface area contributed by atoms with Gasteiger partial charge in [0.05, 0.1) is 11.4 Å². The molecule has 0 amide bonds. The highest BCUT2D eigenvalue weighted by atomic mass is 16.7. The molecule has 0 bridgehead atoms. The van der Waals surface area contributed by atoms with Crippen LogP contribution in [0.25, 0.3) is 0 Å². The van der Waals surface area contributed by atoms with Gasteiger partial charge in [-0.05, 0) is 38.7 Å². The Morgan fingerprint density at radius 1 is 1.22 bits per heavy atom. The lowest BCUT2D eigenvalue weighted by molar-refractivity contribution is 0.0786. The van der Waals surface area contributed by atoms with Crippen LogP contribution in [0.1, 0.15) is 33.3 Å². The minimum Gasteiger partial charge on any atom is -0.534 e. The molecule has 1 fully saturated rings. The predicted molar refractivity (Wildman–Crippen MR) is 72.5 cm³/mol. The predicted octanol–water partition coefficient (Wildman–Crippen LogP) is 1.95. The van der Waals surface area contributed by atoms with Gasteiger partial charge in [-0.2, -0.15) is 0 Å². The molecule has 0 saturated carbocycles. The molecule has 1 N–H and O–H groups in total. The third-order valence-electron chi connectivity index (χ3n) is 3.21. The van der Waals surface area contributed by atoms with Crippen LogP contribution in [0.2, 0.25) is 0 Å². The van der Waals surface area contributed by atoms with Gasteiger partial charge < -0.3 is 14.4 Å². The van der Waals surface area contributed by atoms with Gasteiger partial charge in [0.2, 0.25) is 0 Å². The Morgan fingerprint density at radius 3 is 2.17 bits per heavy atom. The Labute approximate surface area is 109 Å². The Bertz CT molecular complexity index is 457. The molecule has 0 radical (unpaired) electrons. The van der Waals surface area contributed by atoms with Gasteiger partial charge in [0.25, 0.3) is 0 Å². The molecule has 1 saturated heterocycles. The first kappa shape index (κ1) is 13.2. The smallest absolute Gasteiger partial charge is 0.534 e. The van der Waals surface area contributed by atoms with E-state index in [9.17, 15) is 5.11 Å². The summed E-state index contributed by atoms with van der Waals surface area (Å²) in [6.45, 7) is 11.2. The lowest BCUT2D eigenvalue weighted by atomic mass is 9.78. The van der Waals surface area contributed by atoms with E-state index in [1.807, 2.05) is 38.1 Å². The first-order valence-corrected chi connectivity index (χ1v) is 6.07. The van der Waals surface area contributed by atoms with Crippen molar-refractivity contribution >= 4 is 12.6 Å². The molecule has 4 heteroatoms. The van der Waals surface area contributed by atoms with Crippen LogP contribution >= 0.6 is 0 Å². The van der Waals surface area contributed by atoms with Crippen LogP contribution in [0, 0.1) is 0 Å². The standard InChI is InChI=1S/C14H19BO3/c1-10-14(4,5)18-15(17-10)12-8-6-11(7-9-12)13(2,3)16/h6-9,16H,1H2,2-5H3. The number of benzene rings is 1. The first-order chi connectivity index (χ1) is 8.20. The maximum Gasteiger partial charge on any atom is 0.563 e. The van der Waals surface area contributed by atoms with Crippen molar-refractivity contribution in [3.63, 3.8) is 0 Å². The van der Waals surface area contributed by atoms with Crippen LogP contribution in [0.3, 0.4) is 0 Å². The number of aliphatic hydroxyl groups is 1. The van der Waals surface area contributed by atoms with Gasteiger partial charge in [0.1, 0.15) is 5.60 Å². The molecule has 0 aliphatic carbocycles. The molecular formula is C14H19BO3. The van der Waals surface area contributed by atoms with Crippen molar-refractivity contribution in [2.75, 3.05) is 0 Å². The largest absolute Gasteiger partial charge is 0.563 e. The molecule has 1 aromatic rings. The van der Waals surface area contributed by atoms with Crippen LogP contribution in [-0.4, -0.2) is 17.8 Å². The van der Waals surface area contributed by atoms with Crippen molar-refractivity contribution < 1.29 is 14.4 Å². The van der Waals surface area contributed by atoms with Gasteiger partial charge in [-0.1, -0.05) is 30.8 Å². The molecule has 0 spiro atoms. The van der Waals surface area contributed by atoms with E-state index in [1.165, 1.54) is 0 Å². The van der Waals surface area contributed by atoms with Gasteiger partial charge in [-0.3, -0.25) is 0 Å². The van der Waals surface area contributed by atoms with E-state index in [0.717, 1.165) is 11.0 Å². The molecule has 96 valence electrons. The zero-order valence-corrected chi connectivity index (χ0v) is 11.4. The summed E-state index contributed by atoms with van der Waals surface area (Å²) in [5, 5.41) is 9.89. The van der Waals surface area contributed by atoms with Gasteiger partial charge in [0.15, 0.2) is 0 Å². The summed E-state index contributed by atoms with van der Waals surface area (Å²) in [4.78, 5) is 0. The highest BCUT2D eigenvalue weighted by Crippen LogP contribution is 2.29. The molecule has 1 aromatic carbocycles. The molecule has 0 unspecified atom stereocenters. The Morgan fingerprint density at radius 2 is 1.78 bits per heavy atom. The van der Waals surface area contributed by atoms with Crippen LogP contribution in [0.5, 0.6) is 0 Å². The quantitative estimate of drug-likeness (QED) is 0.810. The maximum atomic E-state index is 9.89. The number of hydrogen-bond acceptors (Lipinski definition) is 3. The Hall–Kier alpha value is -1.26. The average molecular weight is 246 g/mol. The van der Waals surface area contributed by atoms with Crippen LogP contribution in [0.4, 0.5) is 0 Å². The molecular weight excluding hydrogens is 227 g/mol. The van der Waals surface area contributed by atoms with Crippen LogP contribution in [-0.2, 0) is 14.9 Å². The van der Waals surface area contributed by atoms with Crippen LogP contribution in [0.15, 0.2) is 36.6 Å². The highest BCUT2D eigenvalue weighted by molar-refractivity contribution is 6.62. The average Bonchev–Trinajstić information content (AvgIpc) is 2.53. The second kappa shape index (κ2) is 4.14. The van der Waals surface area contributed by atoms with Crippen molar-refractivity contribution in [2.24, 2.45) is 0 Å². The Balaban J connectivity index is 2.20. The summed E-state index contributed by atoms with van der Waals surface area (Å²) >= 11 is 0. The monoisotopic (exact) mass is 246 g/mol. The minimum atomic E-state index is -0.835. The SMILES string of the molecule is C=C1OB(c2ccc(C(C)(C)O)cc2)OC1(C)C. The normalized spacial score (nSPS) is 18.9. The zero-order valence-electron chi connectivity index (χ0n) is 11.4. The van der Waals surface area contributed by atoms with E-state index >= 15 is 0 Å². The van der Waals surface area contributed by atoms with Crippen molar-refractivity contribution in [3.8, 4) is 0 Å². The van der Waals surface area contributed by atoms with Gasteiger partial charge in [-0.15, -0.1) is 0 Å². The molecule has 1 aliphatic rings. The molecule has 1 aliphatic heterocycles. The maximum absolute atomic E-state index is 9.89. The topological polar surface area (TPSA) is 38.7 Å². The molecule has 18 heavy (non-hydrogen) atoms. The third kappa shape index (κ3) is 2.45.